The van der Waals surface area contributed by atoms with Gasteiger partial charge in [-0.3, -0.25) is 4.79 Å². The maximum Gasteiger partial charge on any atom is 0.366 e. The summed E-state index contributed by atoms with van der Waals surface area (Å²) >= 11 is 0. The molecule has 0 amide bonds. The molecule has 3 aromatic rings. The molecule has 1 heterocycles. The van der Waals surface area contributed by atoms with Gasteiger partial charge in [-0.25, -0.2) is 4.79 Å². The first-order chi connectivity index (χ1) is 10.2. The van der Waals surface area contributed by atoms with E-state index in [0.29, 0.717) is 11.3 Å². The molecule has 1 aromatic heterocycles. The molecule has 0 radical (unpaired) electrons. The Morgan fingerprint density at radius 2 is 1.43 bits per heavy atom. The molecule has 0 saturated heterocycles. The zero-order valence-corrected chi connectivity index (χ0v) is 11.4. The van der Waals surface area contributed by atoms with Crippen LogP contribution < -0.4 is 5.63 Å². The second kappa shape index (κ2) is 5.25. The lowest BCUT2D eigenvalue weighted by Gasteiger charge is -2.05. The van der Waals surface area contributed by atoms with E-state index in [1.807, 2.05) is 60.7 Å². The first kappa shape index (κ1) is 13.1. The minimum absolute atomic E-state index is 0.340. The Labute approximate surface area is 121 Å². The van der Waals surface area contributed by atoms with Gasteiger partial charge in [-0.2, -0.15) is 0 Å². The third kappa shape index (κ3) is 2.31. The number of benzene rings is 2. The molecule has 0 bridgehead atoms. The van der Waals surface area contributed by atoms with E-state index in [9.17, 15) is 9.59 Å². The van der Waals surface area contributed by atoms with Crippen molar-refractivity contribution in [3.05, 3.63) is 71.1 Å². The van der Waals surface area contributed by atoms with Crippen molar-refractivity contribution in [2.24, 2.45) is 0 Å². The maximum absolute atomic E-state index is 12.2. The molecule has 0 saturated carbocycles. The van der Waals surface area contributed by atoms with Crippen molar-refractivity contribution < 1.29 is 9.32 Å². The molecular weight excluding hydrogens is 266 g/mol. The van der Waals surface area contributed by atoms with E-state index in [1.165, 1.54) is 6.92 Å². The van der Waals surface area contributed by atoms with E-state index in [0.717, 1.165) is 15.9 Å². The first-order valence-corrected chi connectivity index (χ1v) is 6.56. The Morgan fingerprint density at radius 1 is 0.905 bits per heavy atom. The molecular formula is C17H13NO3. The molecule has 2 aromatic carbocycles. The minimum Gasteiger partial charge on any atom is -0.328 e. The van der Waals surface area contributed by atoms with Gasteiger partial charge < -0.3 is 4.52 Å². The highest BCUT2D eigenvalue weighted by molar-refractivity contribution is 5.88. The predicted octanol–water partition coefficient (Wildman–Crippen LogP) is 3.44. The smallest absolute Gasteiger partial charge is 0.328 e. The Balaban J connectivity index is 2.35. The van der Waals surface area contributed by atoms with Crippen LogP contribution in [0.1, 0.15) is 11.7 Å². The quantitative estimate of drug-likeness (QED) is 0.722. The van der Waals surface area contributed by atoms with Crippen LogP contribution in [0, 0.1) is 0 Å². The number of rotatable bonds is 2. The number of carbonyl (C=O) groups is 1. The largest absolute Gasteiger partial charge is 0.366 e. The average molecular weight is 279 g/mol. The molecule has 0 aliphatic carbocycles. The van der Waals surface area contributed by atoms with Crippen LogP contribution in [-0.4, -0.2) is 10.6 Å². The van der Waals surface area contributed by atoms with E-state index in [1.54, 1.807) is 0 Å². The molecule has 0 aliphatic rings. The molecule has 104 valence electrons. The molecule has 0 N–H and O–H groups in total. The van der Waals surface area contributed by atoms with Gasteiger partial charge in [0.1, 0.15) is 5.69 Å². The fourth-order valence-electron chi connectivity index (χ4n) is 2.31. The van der Waals surface area contributed by atoms with Gasteiger partial charge in [-0.05, 0) is 5.56 Å². The van der Waals surface area contributed by atoms with Crippen molar-refractivity contribution in [2.45, 2.75) is 6.92 Å². The van der Waals surface area contributed by atoms with Crippen molar-refractivity contribution in [3.63, 3.8) is 0 Å². The molecule has 0 spiro atoms. The van der Waals surface area contributed by atoms with Crippen molar-refractivity contribution in [1.82, 2.24) is 4.74 Å². The fourth-order valence-corrected chi connectivity index (χ4v) is 2.31. The van der Waals surface area contributed by atoms with Gasteiger partial charge in [0.05, 0.1) is 5.56 Å². The molecule has 0 fully saturated rings. The third-order valence-electron chi connectivity index (χ3n) is 3.21. The van der Waals surface area contributed by atoms with Gasteiger partial charge >= 0.3 is 5.63 Å². The molecule has 4 heteroatoms. The number of hydrogen-bond donors (Lipinski definition) is 0. The number of carbonyl (C=O) groups excluding carboxylic acids is 1. The van der Waals surface area contributed by atoms with Crippen LogP contribution in [0.25, 0.3) is 22.4 Å². The van der Waals surface area contributed by atoms with Gasteiger partial charge in [0, 0.05) is 12.5 Å². The SMILES string of the molecule is CC(=O)n1oc(=O)c(-c2ccccc2)c1-c1ccccc1. The lowest BCUT2D eigenvalue weighted by atomic mass is 10.0. The van der Waals surface area contributed by atoms with Gasteiger partial charge in [-0.1, -0.05) is 60.7 Å². The van der Waals surface area contributed by atoms with Crippen molar-refractivity contribution >= 4 is 5.91 Å². The summed E-state index contributed by atoms with van der Waals surface area (Å²) in [5.74, 6) is -0.340. The summed E-state index contributed by atoms with van der Waals surface area (Å²) in [6.07, 6.45) is 0. The van der Waals surface area contributed by atoms with E-state index < -0.39 is 5.63 Å². The summed E-state index contributed by atoms with van der Waals surface area (Å²) in [4.78, 5) is 24.0. The summed E-state index contributed by atoms with van der Waals surface area (Å²) in [6, 6.07) is 18.5. The van der Waals surface area contributed by atoms with Crippen LogP contribution in [-0.2, 0) is 0 Å². The Bertz CT molecular complexity index is 829. The third-order valence-corrected chi connectivity index (χ3v) is 3.21. The van der Waals surface area contributed by atoms with Crippen LogP contribution in [0.5, 0.6) is 0 Å². The summed E-state index contributed by atoms with van der Waals surface area (Å²) in [5, 5.41) is 0. The molecule has 3 rings (SSSR count). The van der Waals surface area contributed by atoms with E-state index in [-0.39, 0.29) is 5.91 Å². The Hall–Kier alpha value is -2.88. The maximum atomic E-state index is 12.2. The minimum atomic E-state index is -0.518. The highest BCUT2D eigenvalue weighted by atomic mass is 16.5. The van der Waals surface area contributed by atoms with Crippen LogP contribution in [0.2, 0.25) is 0 Å². The van der Waals surface area contributed by atoms with Crippen molar-refractivity contribution in [3.8, 4) is 22.4 Å². The normalized spacial score (nSPS) is 10.5. The van der Waals surface area contributed by atoms with Gasteiger partial charge in [-0.15, -0.1) is 4.74 Å². The lowest BCUT2D eigenvalue weighted by molar-refractivity contribution is 0.0817. The second-order valence-corrected chi connectivity index (χ2v) is 4.65. The topological polar surface area (TPSA) is 52.2 Å². The number of nitrogens with zero attached hydrogens (tertiary/aromatic N) is 1. The van der Waals surface area contributed by atoms with Gasteiger partial charge in [0.25, 0.3) is 5.91 Å². The molecule has 21 heavy (non-hydrogen) atoms. The molecule has 0 aliphatic heterocycles. The summed E-state index contributed by atoms with van der Waals surface area (Å²) in [5.41, 5.74) is 1.86. The lowest BCUT2D eigenvalue weighted by Crippen LogP contribution is -2.06. The zero-order valence-electron chi connectivity index (χ0n) is 11.4. The van der Waals surface area contributed by atoms with E-state index >= 15 is 0 Å². The summed E-state index contributed by atoms with van der Waals surface area (Å²) < 4.78 is 6.18. The molecule has 0 atom stereocenters. The van der Waals surface area contributed by atoms with Gasteiger partial charge in [0.15, 0.2) is 0 Å². The van der Waals surface area contributed by atoms with Gasteiger partial charge in [0.2, 0.25) is 0 Å². The number of aromatic nitrogens is 1. The van der Waals surface area contributed by atoms with Crippen LogP contribution >= 0.6 is 0 Å². The monoisotopic (exact) mass is 279 g/mol. The standard InChI is InChI=1S/C17H13NO3/c1-12(19)18-16(14-10-6-3-7-11-14)15(17(20)21-18)13-8-4-2-5-9-13/h2-11H,1H3. The Morgan fingerprint density at radius 3 is 1.95 bits per heavy atom. The van der Waals surface area contributed by atoms with Crippen molar-refractivity contribution in [2.75, 3.05) is 0 Å². The van der Waals surface area contributed by atoms with Crippen LogP contribution in [0.3, 0.4) is 0 Å². The highest BCUT2D eigenvalue weighted by Gasteiger charge is 2.22. The zero-order chi connectivity index (χ0) is 14.8. The fraction of sp³-hybridized carbons (Fsp3) is 0.0588. The summed E-state index contributed by atoms with van der Waals surface area (Å²) in [7, 11) is 0. The van der Waals surface area contributed by atoms with E-state index in [2.05, 4.69) is 0 Å². The number of hydrogen-bond acceptors (Lipinski definition) is 3. The average Bonchev–Trinajstić information content (AvgIpc) is 2.87. The van der Waals surface area contributed by atoms with Crippen LogP contribution in [0.4, 0.5) is 0 Å². The van der Waals surface area contributed by atoms with E-state index in [4.69, 9.17) is 4.52 Å². The molecule has 4 nitrogen and oxygen atoms in total. The molecule has 0 unspecified atom stereocenters. The Kier molecular flexibility index (Phi) is 3.28. The first-order valence-electron chi connectivity index (χ1n) is 6.56. The second-order valence-electron chi connectivity index (χ2n) is 4.65. The highest BCUT2D eigenvalue weighted by Crippen LogP contribution is 2.30. The van der Waals surface area contributed by atoms with Crippen molar-refractivity contribution in [1.29, 1.82) is 0 Å². The predicted molar refractivity (Wildman–Crippen MR) is 80.1 cm³/mol. The summed E-state index contributed by atoms with van der Waals surface area (Å²) in [6.45, 7) is 1.37. The van der Waals surface area contributed by atoms with Crippen LogP contribution in [0.15, 0.2) is 70.0 Å².